The standard InChI is InChI=1S/C16H13FN4O3S2/c17-11-4-6-12(7-5-11)21-15(13-3-1-9-25-13)18-14(19-21)16(22)20-8-2-10-26(20,23)24/h1,3-7,9H,2,8,10H2. The van der Waals surface area contributed by atoms with Crippen LogP contribution in [0.1, 0.15) is 17.0 Å². The molecule has 1 fully saturated rings. The smallest absolute Gasteiger partial charge is 0.264 e. The summed E-state index contributed by atoms with van der Waals surface area (Å²) < 4.78 is 39.5. The van der Waals surface area contributed by atoms with Crippen molar-refractivity contribution in [2.24, 2.45) is 0 Å². The number of rotatable bonds is 3. The highest BCUT2D eigenvalue weighted by atomic mass is 32.2. The Kier molecular flexibility index (Phi) is 4.08. The van der Waals surface area contributed by atoms with Crippen molar-refractivity contribution in [1.29, 1.82) is 0 Å². The highest BCUT2D eigenvalue weighted by Gasteiger charge is 2.35. The van der Waals surface area contributed by atoms with Gasteiger partial charge in [0.25, 0.3) is 0 Å². The first kappa shape index (κ1) is 16.9. The third-order valence-electron chi connectivity index (χ3n) is 3.94. The molecule has 4 rings (SSSR count). The molecule has 3 aromatic rings. The predicted molar refractivity (Wildman–Crippen MR) is 94.1 cm³/mol. The van der Waals surface area contributed by atoms with Gasteiger partial charge in [-0.15, -0.1) is 16.4 Å². The second kappa shape index (κ2) is 6.29. The maximum absolute atomic E-state index is 13.2. The molecule has 0 spiro atoms. The molecule has 7 nitrogen and oxygen atoms in total. The Hall–Kier alpha value is -2.59. The number of nitrogens with zero attached hydrogens (tertiary/aromatic N) is 4. The van der Waals surface area contributed by atoms with E-state index in [4.69, 9.17) is 0 Å². The number of carbonyl (C=O) groups is 1. The van der Waals surface area contributed by atoms with E-state index < -0.39 is 21.7 Å². The Morgan fingerprint density at radius 1 is 1.19 bits per heavy atom. The summed E-state index contributed by atoms with van der Waals surface area (Å²) >= 11 is 1.40. The SMILES string of the molecule is O=C(c1nc(-c2cccs2)n(-c2ccc(F)cc2)n1)N1CCCS1(=O)=O. The maximum Gasteiger partial charge on any atom is 0.307 e. The molecule has 0 aliphatic carbocycles. The van der Waals surface area contributed by atoms with Gasteiger partial charge in [-0.05, 0) is 42.1 Å². The second-order valence-corrected chi connectivity index (χ2v) is 8.63. The first-order valence-corrected chi connectivity index (χ1v) is 10.3. The summed E-state index contributed by atoms with van der Waals surface area (Å²) in [4.78, 5) is 17.7. The molecule has 0 radical (unpaired) electrons. The molecule has 1 saturated heterocycles. The first-order chi connectivity index (χ1) is 12.5. The molecule has 0 unspecified atom stereocenters. The lowest BCUT2D eigenvalue weighted by atomic mass is 10.3. The minimum absolute atomic E-state index is 0.0603. The van der Waals surface area contributed by atoms with Crippen molar-refractivity contribution < 1.29 is 17.6 Å². The highest BCUT2D eigenvalue weighted by Crippen LogP contribution is 2.26. The van der Waals surface area contributed by atoms with Gasteiger partial charge in [-0.1, -0.05) is 6.07 Å². The number of amides is 1. The number of sulfonamides is 1. The van der Waals surface area contributed by atoms with Gasteiger partial charge in [0.15, 0.2) is 5.82 Å². The zero-order valence-electron chi connectivity index (χ0n) is 13.4. The Bertz CT molecular complexity index is 1060. The number of thiophene rings is 1. The van der Waals surface area contributed by atoms with Crippen LogP contribution in [0.3, 0.4) is 0 Å². The number of benzene rings is 1. The Balaban J connectivity index is 1.81. The lowest BCUT2D eigenvalue weighted by Gasteiger charge is -2.11. The van der Waals surface area contributed by atoms with Crippen LogP contribution in [-0.2, 0) is 10.0 Å². The molecule has 3 heterocycles. The van der Waals surface area contributed by atoms with Crippen molar-refractivity contribution in [2.75, 3.05) is 12.3 Å². The highest BCUT2D eigenvalue weighted by molar-refractivity contribution is 7.89. The molecule has 0 atom stereocenters. The number of carbonyl (C=O) groups excluding carboxylic acids is 1. The van der Waals surface area contributed by atoms with E-state index in [0.29, 0.717) is 17.9 Å². The largest absolute Gasteiger partial charge is 0.307 e. The monoisotopic (exact) mass is 392 g/mol. The third-order valence-corrected chi connectivity index (χ3v) is 6.63. The van der Waals surface area contributed by atoms with E-state index in [2.05, 4.69) is 10.1 Å². The number of aromatic nitrogens is 3. The Morgan fingerprint density at radius 2 is 1.96 bits per heavy atom. The van der Waals surface area contributed by atoms with Crippen LogP contribution in [0.15, 0.2) is 41.8 Å². The molecular weight excluding hydrogens is 379 g/mol. The van der Waals surface area contributed by atoms with Gasteiger partial charge in [-0.3, -0.25) is 4.79 Å². The van der Waals surface area contributed by atoms with Gasteiger partial charge in [0.1, 0.15) is 5.82 Å². The molecule has 10 heteroatoms. The van der Waals surface area contributed by atoms with Gasteiger partial charge in [0, 0.05) is 6.54 Å². The van der Waals surface area contributed by atoms with Crippen molar-refractivity contribution in [3.05, 3.63) is 53.4 Å². The molecule has 26 heavy (non-hydrogen) atoms. The van der Waals surface area contributed by atoms with Crippen molar-refractivity contribution in [2.45, 2.75) is 6.42 Å². The van der Waals surface area contributed by atoms with E-state index >= 15 is 0 Å². The van der Waals surface area contributed by atoms with Crippen LogP contribution in [0, 0.1) is 5.82 Å². The van der Waals surface area contributed by atoms with Gasteiger partial charge in [0.2, 0.25) is 15.8 Å². The minimum Gasteiger partial charge on any atom is -0.264 e. The quantitative estimate of drug-likeness (QED) is 0.683. The van der Waals surface area contributed by atoms with Gasteiger partial charge >= 0.3 is 5.91 Å². The minimum atomic E-state index is -3.61. The van der Waals surface area contributed by atoms with Crippen LogP contribution >= 0.6 is 11.3 Å². The lowest BCUT2D eigenvalue weighted by Crippen LogP contribution is -2.33. The maximum atomic E-state index is 13.2. The molecule has 134 valence electrons. The van der Waals surface area contributed by atoms with Crippen molar-refractivity contribution in [1.82, 2.24) is 19.1 Å². The molecular formula is C16H13FN4O3S2. The molecule has 2 aromatic heterocycles. The van der Waals surface area contributed by atoms with Crippen LogP contribution in [0.4, 0.5) is 4.39 Å². The fourth-order valence-corrected chi connectivity index (χ4v) is 4.86. The van der Waals surface area contributed by atoms with E-state index in [-0.39, 0.29) is 18.1 Å². The summed E-state index contributed by atoms with van der Waals surface area (Å²) in [5, 5.41) is 6.06. The zero-order valence-corrected chi connectivity index (χ0v) is 15.0. The average Bonchev–Trinajstić information content (AvgIpc) is 3.33. The van der Waals surface area contributed by atoms with Crippen molar-refractivity contribution in [3.63, 3.8) is 0 Å². The molecule has 0 N–H and O–H groups in total. The van der Waals surface area contributed by atoms with Gasteiger partial charge in [-0.2, -0.15) is 0 Å². The molecule has 1 aliphatic heterocycles. The van der Waals surface area contributed by atoms with E-state index in [1.807, 2.05) is 17.5 Å². The molecule has 1 aliphatic rings. The lowest BCUT2D eigenvalue weighted by molar-refractivity contribution is 0.0858. The van der Waals surface area contributed by atoms with E-state index in [0.717, 1.165) is 9.18 Å². The van der Waals surface area contributed by atoms with Gasteiger partial charge in [-0.25, -0.2) is 26.8 Å². The van der Waals surface area contributed by atoms with Crippen molar-refractivity contribution >= 4 is 27.3 Å². The normalized spacial score (nSPS) is 16.1. The predicted octanol–water partition coefficient (Wildman–Crippen LogP) is 2.31. The van der Waals surface area contributed by atoms with Crippen LogP contribution in [-0.4, -0.2) is 45.7 Å². The zero-order chi connectivity index (χ0) is 18.3. The van der Waals surface area contributed by atoms with Crippen LogP contribution < -0.4 is 0 Å². The first-order valence-electron chi connectivity index (χ1n) is 7.77. The third kappa shape index (κ3) is 2.90. The van der Waals surface area contributed by atoms with Crippen LogP contribution in [0.2, 0.25) is 0 Å². The van der Waals surface area contributed by atoms with Crippen molar-refractivity contribution in [3.8, 4) is 16.4 Å². The van der Waals surface area contributed by atoms with E-state index in [1.165, 1.54) is 40.3 Å². The van der Waals surface area contributed by atoms with Crippen LogP contribution in [0.25, 0.3) is 16.4 Å². The fourth-order valence-electron chi connectivity index (χ4n) is 2.71. The fraction of sp³-hybridized carbons (Fsp3) is 0.188. The van der Waals surface area contributed by atoms with Crippen LogP contribution in [0.5, 0.6) is 0 Å². The Morgan fingerprint density at radius 3 is 2.58 bits per heavy atom. The summed E-state index contributed by atoms with van der Waals surface area (Å²) in [5.41, 5.74) is 0.519. The molecule has 0 saturated carbocycles. The summed E-state index contributed by atoms with van der Waals surface area (Å²) in [6, 6.07) is 9.24. The molecule has 1 aromatic carbocycles. The summed E-state index contributed by atoms with van der Waals surface area (Å²) in [7, 11) is -3.61. The average molecular weight is 392 g/mol. The molecule has 1 amide bonds. The van der Waals surface area contributed by atoms with E-state index in [9.17, 15) is 17.6 Å². The molecule has 0 bridgehead atoms. The van der Waals surface area contributed by atoms with E-state index in [1.54, 1.807) is 0 Å². The van der Waals surface area contributed by atoms with Gasteiger partial charge < -0.3 is 0 Å². The van der Waals surface area contributed by atoms with Gasteiger partial charge in [0.05, 0.1) is 16.3 Å². The second-order valence-electron chi connectivity index (χ2n) is 5.67. The summed E-state index contributed by atoms with van der Waals surface area (Å²) in [5.74, 6) is -1.02. The number of hydrogen-bond acceptors (Lipinski definition) is 6. The topological polar surface area (TPSA) is 85.2 Å². The summed E-state index contributed by atoms with van der Waals surface area (Å²) in [6.45, 7) is 0.126. The summed E-state index contributed by atoms with van der Waals surface area (Å²) in [6.07, 6.45) is 0.393. The number of hydrogen-bond donors (Lipinski definition) is 0. The Labute approximate surface area is 152 Å². The number of halogens is 1.